The highest BCUT2D eigenvalue weighted by Gasteiger charge is 2.85. The van der Waals surface area contributed by atoms with Crippen LogP contribution in [-0.4, -0.2) is 52.7 Å². The Morgan fingerprint density at radius 2 is 1.00 bits per heavy atom. The first-order chi connectivity index (χ1) is 11.4. The van der Waals surface area contributed by atoms with E-state index in [1.165, 1.54) is 0 Å². The normalized spacial score (nSPS) is 19.4. The maximum absolute atomic E-state index is 13.5. The average Bonchev–Trinajstić information content (AvgIpc) is 2.32. The minimum absolute atomic E-state index is 1.54. The van der Waals surface area contributed by atoms with Crippen LogP contribution >= 0.6 is 11.6 Å². The second-order valence-corrected chi connectivity index (χ2v) is 4.70. The Kier molecular flexibility index (Phi) is 6.32. The summed E-state index contributed by atoms with van der Waals surface area (Å²) in [5.74, 6) is -18.9. The Labute approximate surface area is 141 Å². The molecule has 0 radical (unpaired) electrons. The Morgan fingerprint density at radius 3 is 1.22 bits per heavy atom. The molecule has 0 aliphatic heterocycles. The smallest absolute Gasteiger partial charge is 0.460 e. The third-order valence-electron chi connectivity index (χ3n) is 2.25. The van der Waals surface area contributed by atoms with E-state index >= 15 is 0 Å². The van der Waals surface area contributed by atoms with Crippen LogP contribution in [0.1, 0.15) is 0 Å². The lowest BCUT2D eigenvalue weighted by Crippen LogP contribution is -2.68. The van der Waals surface area contributed by atoms with Gasteiger partial charge in [-0.2, -0.15) is 61.5 Å². The predicted molar refractivity (Wildman–Crippen MR) is 50.3 cm³/mol. The molecule has 0 bridgehead atoms. The van der Waals surface area contributed by atoms with E-state index in [9.17, 15) is 66.3 Å². The van der Waals surface area contributed by atoms with Gasteiger partial charge in [0.15, 0.2) is 0 Å². The van der Waals surface area contributed by atoms with Gasteiger partial charge >= 0.3 is 47.6 Å². The highest BCUT2D eigenvalue weighted by atomic mass is 35.5. The van der Waals surface area contributed by atoms with Crippen LogP contribution in [0.25, 0.3) is 0 Å². The zero-order chi connectivity index (χ0) is 22.5. The van der Waals surface area contributed by atoms with Gasteiger partial charge in [0.25, 0.3) is 0 Å². The van der Waals surface area contributed by atoms with Crippen molar-refractivity contribution in [1.29, 1.82) is 0 Å². The minimum atomic E-state index is -7.73. The van der Waals surface area contributed by atoms with Crippen molar-refractivity contribution in [2.24, 2.45) is 0 Å². The van der Waals surface area contributed by atoms with Crippen LogP contribution in [-0.2, 0) is 14.3 Å². The van der Waals surface area contributed by atoms with Crippen molar-refractivity contribution in [3.63, 3.8) is 0 Å². The number of halogens is 15. The van der Waals surface area contributed by atoms with E-state index in [0.29, 0.717) is 0 Å². The molecular weight excluding hydrogens is 462 g/mol. The number of carbonyl (C=O) groups is 1. The summed E-state index contributed by atoms with van der Waals surface area (Å²) in [5, 5.41) is 0.993. The predicted octanol–water partition coefficient (Wildman–Crippen LogP) is 4.58. The molecule has 0 amide bonds. The molecule has 0 fully saturated rings. The summed E-state index contributed by atoms with van der Waals surface area (Å²) in [4.78, 5) is 9.83. The molecule has 4 nitrogen and oxygen atoms in total. The first-order valence-corrected chi connectivity index (χ1v) is 5.71. The number of aliphatic carboxylic acids is 1. The molecule has 1 N–H and O–H groups in total. The van der Waals surface area contributed by atoms with Crippen LogP contribution in [0.15, 0.2) is 0 Å². The topological polar surface area (TPSA) is 55.8 Å². The molecule has 19 heteroatoms. The van der Waals surface area contributed by atoms with Crippen molar-refractivity contribution in [2.45, 2.75) is 41.7 Å². The number of hydrogen-bond acceptors (Lipinski definition) is 3. The highest BCUT2D eigenvalue weighted by Crippen LogP contribution is 2.57. The van der Waals surface area contributed by atoms with Gasteiger partial charge in [-0.3, -0.25) is 4.74 Å². The summed E-state index contributed by atoms with van der Waals surface area (Å²) < 4.78 is 180. The van der Waals surface area contributed by atoms with Crippen LogP contribution in [0.2, 0.25) is 0 Å². The van der Waals surface area contributed by atoms with E-state index in [1.54, 1.807) is 9.47 Å². The number of carboxylic acids is 1. The summed E-state index contributed by atoms with van der Waals surface area (Å²) >= 11 is 3.50. The van der Waals surface area contributed by atoms with E-state index in [0.717, 1.165) is 0 Å². The SMILES string of the molecule is O=C(O)C(F)(F)OC(F)(F)C(F)(OC(F)(C(F)(F)F)C(F)(F)Cl)C(F)(F)F. The van der Waals surface area contributed by atoms with Crippen LogP contribution in [0.4, 0.5) is 61.5 Å². The minimum Gasteiger partial charge on any atom is -0.475 e. The van der Waals surface area contributed by atoms with Crippen molar-refractivity contribution in [3.8, 4) is 0 Å². The van der Waals surface area contributed by atoms with Gasteiger partial charge in [-0.15, -0.1) is 0 Å². The fourth-order valence-corrected chi connectivity index (χ4v) is 1.17. The molecule has 0 heterocycles. The maximum atomic E-state index is 13.5. The summed E-state index contributed by atoms with van der Waals surface area (Å²) in [6, 6.07) is 0. The van der Waals surface area contributed by atoms with Gasteiger partial charge in [0.2, 0.25) is 0 Å². The van der Waals surface area contributed by atoms with Gasteiger partial charge in [-0.1, -0.05) is 0 Å². The lowest BCUT2D eigenvalue weighted by Gasteiger charge is -2.40. The van der Waals surface area contributed by atoms with Gasteiger partial charge in [0.05, 0.1) is 0 Å². The second-order valence-electron chi connectivity index (χ2n) is 4.23. The fraction of sp³-hybridized carbons (Fsp3) is 0.875. The van der Waals surface area contributed by atoms with Crippen LogP contribution in [0, 0.1) is 0 Å². The average molecular weight is 463 g/mol. The summed E-state index contributed by atoms with van der Waals surface area (Å²) in [5.41, 5.74) is 0. The second kappa shape index (κ2) is 6.64. The Bertz CT molecular complexity index is 551. The van der Waals surface area contributed by atoms with Crippen LogP contribution in [0.3, 0.4) is 0 Å². The van der Waals surface area contributed by atoms with E-state index < -0.39 is 47.6 Å². The van der Waals surface area contributed by atoms with E-state index in [4.69, 9.17) is 5.11 Å². The quantitative estimate of drug-likeness (QED) is 0.445. The third-order valence-corrected chi connectivity index (χ3v) is 2.50. The first-order valence-electron chi connectivity index (χ1n) is 5.33. The van der Waals surface area contributed by atoms with Crippen molar-refractivity contribution >= 4 is 17.6 Å². The molecule has 0 aromatic carbocycles. The zero-order valence-electron chi connectivity index (χ0n) is 11.3. The molecule has 2 unspecified atom stereocenters. The van der Waals surface area contributed by atoms with E-state index in [2.05, 4.69) is 11.6 Å². The van der Waals surface area contributed by atoms with Crippen molar-refractivity contribution in [1.82, 2.24) is 0 Å². The molecule has 0 saturated carbocycles. The van der Waals surface area contributed by atoms with E-state index in [-0.39, 0.29) is 0 Å². The third kappa shape index (κ3) is 4.58. The fourth-order valence-electron chi connectivity index (χ4n) is 1.02. The monoisotopic (exact) mass is 462 g/mol. The number of rotatable bonds is 7. The molecule has 0 aliphatic carbocycles. The van der Waals surface area contributed by atoms with Gasteiger partial charge in [-0.05, 0) is 11.6 Å². The highest BCUT2D eigenvalue weighted by molar-refractivity contribution is 6.22. The van der Waals surface area contributed by atoms with Gasteiger partial charge in [0, 0.05) is 0 Å². The lowest BCUT2D eigenvalue weighted by atomic mass is 10.2. The summed E-state index contributed by atoms with van der Waals surface area (Å²) in [6.07, 6.45) is -29.1. The van der Waals surface area contributed by atoms with Crippen LogP contribution in [0.5, 0.6) is 0 Å². The molecule has 162 valence electrons. The molecule has 0 aromatic rings. The molecule has 0 rings (SSSR count). The molecule has 2 atom stereocenters. The molecule has 0 aromatic heterocycles. The number of hydrogen-bond donors (Lipinski definition) is 1. The number of alkyl halides is 15. The van der Waals surface area contributed by atoms with Gasteiger partial charge < -0.3 is 5.11 Å². The molecule has 0 saturated heterocycles. The largest absolute Gasteiger partial charge is 0.475 e. The van der Waals surface area contributed by atoms with Gasteiger partial charge in [0.1, 0.15) is 0 Å². The molecule has 0 spiro atoms. The maximum Gasteiger partial charge on any atom is 0.460 e. The van der Waals surface area contributed by atoms with Gasteiger partial charge in [-0.25, -0.2) is 9.53 Å². The number of carboxylic acid groups (broad SMARTS) is 1. The van der Waals surface area contributed by atoms with Crippen LogP contribution < -0.4 is 0 Å². The Balaban J connectivity index is 6.54. The van der Waals surface area contributed by atoms with Crippen molar-refractivity contribution in [3.05, 3.63) is 0 Å². The molecule has 0 aliphatic rings. The summed E-state index contributed by atoms with van der Waals surface area (Å²) in [6.45, 7) is 0. The lowest BCUT2D eigenvalue weighted by molar-refractivity contribution is -0.536. The van der Waals surface area contributed by atoms with Crippen molar-refractivity contribution in [2.75, 3.05) is 0 Å². The molecular formula is C8HClF14O4. The number of ether oxygens (including phenoxy) is 2. The Hall–Kier alpha value is -1.30. The molecule has 27 heavy (non-hydrogen) atoms. The van der Waals surface area contributed by atoms with Crippen molar-refractivity contribution < 1.29 is 80.8 Å². The summed E-state index contributed by atoms with van der Waals surface area (Å²) in [7, 11) is 0. The zero-order valence-corrected chi connectivity index (χ0v) is 12.1. The standard InChI is InChI=1S/C8HClF14O4/c9-5(14,15)3(12,6(16,17)18)27-4(13,7(19,20)21)8(22,23)26-2(10,11)1(24)25/h(H,24,25). The van der Waals surface area contributed by atoms with E-state index in [1.807, 2.05) is 0 Å². The first kappa shape index (κ1) is 25.7. The Morgan fingerprint density at radius 1 is 0.667 bits per heavy atom.